The number of hydrogen-bond donors (Lipinski definition) is 0. The quantitative estimate of drug-likeness (QED) is 0.515. The van der Waals surface area contributed by atoms with Gasteiger partial charge in [0.2, 0.25) is 5.91 Å². The van der Waals surface area contributed by atoms with Crippen LogP contribution in [-0.4, -0.2) is 61.5 Å². The molecule has 0 aliphatic carbocycles. The van der Waals surface area contributed by atoms with Gasteiger partial charge in [0, 0.05) is 48.6 Å². The van der Waals surface area contributed by atoms with Crippen molar-refractivity contribution in [1.29, 1.82) is 0 Å². The molecule has 7 heteroatoms. The van der Waals surface area contributed by atoms with Crippen molar-refractivity contribution in [3.05, 3.63) is 58.6 Å². The zero-order valence-corrected chi connectivity index (χ0v) is 21.5. The van der Waals surface area contributed by atoms with Crippen molar-refractivity contribution in [2.24, 2.45) is 5.41 Å². The van der Waals surface area contributed by atoms with Crippen molar-refractivity contribution in [3.8, 4) is 11.5 Å². The van der Waals surface area contributed by atoms with Gasteiger partial charge < -0.3 is 19.3 Å². The number of nitrogens with zero attached hydrogens (tertiary/aromatic N) is 2. The molecule has 0 spiro atoms. The molecule has 2 aromatic rings. The summed E-state index contributed by atoms with van der Waals surface area (Å²) in [5, 5.41) is 0.695. The van der Waals surface area contributed by atoms with Gasteiger partial charge in [-0.1, -0.05) is 17.7 Å². The number of rotatable bonds is 7. The first-order valence-electron chi connectivity index (χ1n) is 12.5. The van der Waals surface area contributed by atoms with E-state index in [1.54, 1.807) is 13.2 Å². The van der Waals surface area contributed by atoms with Crippen LogP contribution in [0.1, 0.15) is 54.4 Å². The Labute approximate surface area is 213 Å². The van der Waals surface area contributed by atoms with Gasteiger partial charge in [-0.2, -0.15) is 0 Å². The molecule has 2 fully saturated rings. The SMILES string of the molecule is COc1cccc(C(=O)N2CCC[C@](COc3ccc(Cl)c(C)c3)(CC(=O)N3CCCCC3)C2)c1. The fourth-order valence-electron chi connectivity index (χ4n) is 5.15. The first kappa shape index (κ1) is 25.4. The van der Waals surface area contributed by atoms with Crippen LogP contribution in [0.3, 0.4) is 0 Å². The molecule has 2 aromatic carbocycles. The fourth-order valence-corrected chi connectivity index (χ4v) is 5.27. The van der Waals surface area contributed by atoms with Crippen LogP contribution in [0.15, 0.2) is 42.5 Å². The van der Waals surface area contributed by atoms with E-state index in [9.17, 15) is 9.59 Å². The Morgan fingerprint density at radius 3 is 2.49 bits per heavy atom. The van der Waals surface area contributed by atoms with Gasteiger partial charge in [0.25, 0.3) is 5.91 Å². The third kappa shape index (κ3) is 6.29. The number of carbonyl (C=O) groups is 2. The summed E-state index contributed by atoms with van der Waals surface area (Å²) in [4.78, 5) is 30.6. The normalized spacial score (nSPS) is 20.4. The predicted octanol–water partition coefficient (Wildman–Crippen LogP) is 5.36. The summed E-state index contributed by atoms with van der Waals surface area (Å²) in [6.45, 7) is 5.09. The molecule has 0 N–H and O–H groups in total. The van der Waals surface area contributed by atoms with E-state index in [0.717, 1.165) is 50.1 Å². The zero-order valence-electron chi connectivity index (χ0n) is 20.7. The van der Waals surface area contributed by atoms with E-state index in [-0.39, 0.29) is 11.8 Å². The molecule has 2 saturated heterocycles. The lowest BCUT2D eigenvalue weighted by Gasteiger charge is -2.43. The Kier molecular flexibility index (Phi) is 8.22. The first-order chi connectivity index (χ1) is 16.9. The monoisotopic (exact) mass is 498 g/mol. The smallest absolute Gasteiger partial charge is 0.254 e. The second-order valence-corrected chi connectivity index (χ2v) is 10.3. The fraction of sp³-hybridized carbons (Fsp3) is 0.500. The number of ether oxygens (including phenoxy) is 2. The Balaban J connectivity index is 1.54. The average molecular weight is 499 g/mol. The summed E-state index contributed by atoms with van der Waals surface area (Å²) in [6, 6.07) is 12.8. The van der Waals surface area contributed by atoms with Gasteiger partial charge in [-0.15, -0.1) is 0 Å². The van der Waals surface area contributed by atoms with Gasteiger partial charge in [-0.25, -0.2) is 0 Å². The average Bonchev–Trinajstić information content (AvgIpc) is 2.89. The standard InChI is InChI=1S/C28H35ClN2O4/c1-21-16-24(10-11-25(21)29)35-20-28(18-26(32)30-13-4-3-5-14-30)12-7-15-31(19-28)27(33)22-8-6-9-23(17-22)34-2/h6,8-11,16-17H,3-5,7,12-15,18-20H2,1-2H3/t28-/m0/s1. The number of amides is 2. The van der Waals surface area contributed by atoms with Crippen molar-refractivity contribution in [2.45, 2.75) is 45.4 Å². The van der Waals surface area contributed by atoms with E-state index < -0.39 is 5.41 Å². The number of carbonyl (C=O) groups excluding carboxylic acids is 2. The molecule has 188 valence electrons. The van der Waals surface area contributed by atoms with E-state index in [0.29, 0.717) is 42.5 Å². The van der Waals surface area contributed by atoms with Crippen molar-refractivity contribution >= 4 is 23.4 Å². The Bertz CT molecular complexity index is 1050. The van der Waals surface area contributed by atoms with Gasteiger partial charge >= 0.3 is 0 Å². The highest BCUT2D eigenvalue weighted by Crippen LogP contribution is 2.36. The van der Waals surface area contributed by atoms with Crippen LogP contribution >= 0.6 is 11.6 Å². The van der Waals surface area contributed by atoms with E-state index >= 15 is 0 Å². The summed E-state index contributed by atoms with van der Waals surface area (Å²) < 4.78 is 11.6. The highest BCUT2D eigenvalue weighted by atomic mass is 35.5. The molecule has 35 heavy (non-hydrogen) atoms. The van der Waals surface area contributed by atoms with Crippen LogP contribution < -0.4 is 9.47 Å². The summed E-state index contributed by atoms with van der Waals surface area (Å²) in [5.41, 5.74) is 1.09. The molecule has 0 saturated carbocycles. The predicted molar refractivity (Wildman–Crippen MR) is 137 cm³/mol. The van der Waals surface area contributed by atoms with Crippen molar-refractivity contribution < 1.29 is 19.1 Å². The topological polar surface area (TPSA) is 59.1 Å². The lowest BCUT2D eigenvalue weighted by atomic mass is 9.77. The molecule has 1 atom stereocenters. The van der Waals surface area contributed by atoms with Crippen LogP contribution in [0.2, 0.25) is 5.02 Å². The van der Waals surface area contributed by atoms with Crippen LogP contribution in [-0.2, 0) is 4.79 Å². The van der Waals surface area contributed by atoms with Crippen molar-refractivity contribution in [1.82, 2.24) is 9.80 Å². The molecule has 2 heterocycles. The third-order valence-electron chi connectivity index (χ3n) is 7.17. The lowest BCUT2D eigenvalue weighted by molar-refractivity contribution is -0.136. The van der Waals surface area contributed by atoms with Gasteiger partial charge in [0.1, 0.15) is 11.5 Å². The van der Waals surface area contributed by atoms with Gasteiger partial charge in [-0.05, 0) is 81.0 Å². The minimum absolute atomic E-state index is 0.0410. The van der Waals surface area contributed by atoms with Crippen molar-refractivity contribution in [3.63, 3.8) is 0 Å². The summed E-state index contributed by atoms with van der Waals surface area (Å²) in [6.07, 6.45) is 5.32. The molecule has 2 amide bonds. The molecule has 0 unspecified atom stereocenters. The highest BCUT2D eigenvalue weighted by molar-refractivity contribution is 6.31. The molecule has 6 nitrogen and oxygen atoms in total. The van der Waals surface area contributed by atoms with E-state index in [2.05, 4.69) is 0 Å². The Hall–Kier alpha value is -2.73. The van der Waals surface area contributed by atoms with Gasteiger partial charge in [0.15, 0.2) is 0 Å². The van der Waals surface area contributed by atoms with Crippen LogP contribution in [0.5, 0.6) is 11.5 Å². The number of aryl methyl sites for hydroxylation is 1. The van der Waals surface area contributed by atoms with E-state index in [1.165, 1.54) is 6.42 Å². The number of piperidine rings is 2. The number of methoxy groups -OCH3 is 1. The minimum Gasteiger partial charge on any atom is -0.497 e. The molecular formula is C28H35ClN2O4. The van der Waals surface area contributed by atoms with Gasteiger partial charge in [0.05, 0.1) is 13.7 Å². The number of halogens is 1. The maximum atomic E-state index is 13.4. The summed E-state index contributed by atoms with van der Waals surface area (Å²) in [7, 11) is 1.59. The maximum absolute atomic E-state index is 13.4. The Morgan fingerprint density at radius 1 is 0.971 bits per heavy atom. The van der Waals surface area contributed by atoms with Gasteiger partial charge in [-0.3, -0.25) is 9.59 Å². The summed E-state index contributed by atoms with van der Waals surface area (Å²) in [5.74, 6) is 1.51. The van der Waals surface area contributed by atoms with Crippen LogP contribution in [0.4, 0.5) is 0 Å². The minimum atomic E-state index is -0.450. The molecule has 0 aromatic heterocycles. The maximum Gasteiger partial charge on any atom is 0.254 e. The second kappa shape index (κ2) is 11.3. The number of benzene rings is 2. The first-order valence-corrected chi connectivity index (χ1v) is 12.9. The third-order valence-corrected chi connectivity index (χ3v) is 7.60. The number of likely N-dealkylation sites (tertiary alicyclic amines) is 2. The van der Waals surface area contributed by atoms with E-state index in [4.69, 9.17) is 21.1 Å². The molecular weight excluding hydrogens is 464 g/mol. The van der Waals surface area contributed by atoms with Crippen LogP contribution in [0.25, 0.3) is 0 Å². The molecule has 2 aliphatic rings. The van der Waals surface area contributed by atoms with E-state index in [1.807, 2.05) is 53.1 Å². The highest BCUT2D eigenvalue weighted by Gasteiger charge is 2.41. The van der Waals surface area contributed by atoms with Crippen molar-refractivity contribution in [2.75, 3.05) is 39.9 Å². The molecule has 4 rings (SSSR count). The summed E-state index contributed by atoms with van der Waals surface area (Å²) >= 11 is 6.19. The Morgan fingerprint density at radius 2 is 1.74 bits per heavy atom. The molecule has 0 bridgehead atoms. The number of hydrogen-bond acceptors (Lipinski definition) is 4. The lowest BCUT2D eigenvalue weighted by Crippen LogP contribution is -2.51. The zero-order chi connectivity index (χ0) is 24.8. The second-order valence-electron chi connectivity index (χ2n) is 9.88. The largest absolute Gasteiger partial charge is 0.497 e. The van der Waals surface area contributed by atoms with Crippen LogP contribution in [0, 0.1) is 12.3 Å². The molecule has 0 radical (unpaired) electrons. The molecule has 2 aliphatic heterocycles.